The summed E-state index contributed by atoms with van der Waals surface area (Å²) in [6.07, 6.45) is 0.605. The summed E-state index contributed by atoms with van der Waals surface area (Å²) in [4.78, 5) is 13.1. The molecule has 7 heteroatoms. The topological polar surface area (TPSA) is 78.0 Å². The highest BCUT2D eigenvalue weighted by atomic mass is 79.9. The summed E-state index contributed by atoms with van der Waals surface area (Å²) < 4.78 is 0.995. The van der Waals surface area contributed by atoms with E-state index in [1.54, 1.807) is 12.3 Å². The van der Waals surface area contributed by atoms with Gasteiger partial charge in [-0.15, -0.1) is 11.8 Å². The number of aliphatic hydroxyl groups excluding tert-OH is 1. The van der Waals surface area contributed by atoms with Gasteiger partial charge in [0.2, 0.25) is 0 Å². The molecule has 0 spiro atoms. The smallest absolute Gasteiger partial charge is 0.254 e. The molecule has 3 N–H and O–H groups in total. The summed E-state index contributed by atoms with van der Waals surface area (Å²) in [7, 11) is 0. The number of benzene rings is 2. The van der Waals surface area contributed by atoms with Crippen molar-refractivity contribution in [3.63, 3.8) is 0 Å². The van der Waals surface area contributed by atoms with E-state index in [9.17, 15) is 9.90 Å². The zero-order chi connectivity index (χ0) is 16.2. The second-order valence-electron chi connectivity index (χ2n) is 4.94. The summed E-state index contributed by atoms with van der Waals surface area (Å²) >= 11 is 4.80. The molecule has 1 amide bonds. The molecule has 5 nitrogen and oxygen atoms in total. The number of amides is 1. The van der Waals surface area contributed by atoms with E-state index in [2.05, 4.69) is 31.4 Å². The van der Waals surface area contributed by atoms with Crippen molar-refractivity contribution < 1.29 is 9.90 Å². The summed E-state index contributed by atoms with van der Waals surface area (Å²) in [5, 5.41) is 20.4. The van der Waals surface area contributed by atoms with Crippen LogP contribution in [0.15, 0.2) is 58.0 Å². The molecule has 0 unspecified atom stereocenters. The van der Waals surface area contributed by atoms with E-state index in [-0.39, 0.29) is 0 Å². The molecule has 1 aromatic heterocycles. The Morgan fingerprint density at radius 2 is 2.09 bits per heavy atom. The van der Waals surface area contributed by atoms with E-state index < -0.39 is 12.0 Å². The van der Waals surface area contributed by atoms with E-state index in [1.165, 1.54) is 11.8 Å². The average molecular weight is 392 g/mol. The van der Waals surface area contributed by atoms with E-state index >= 15 is 0 Å². The first-order chi connectivity index (χ1) is 11.1. The van der Waals surface area contributed by atoms with Crippen LogP contribution in [0.3, 0.4) is 0 Å². The van der Waals surface area contributed by atoms with Crippen LogP contribution in [-0.4, -0.2) is 33.1 Å². The second-order valence-corrected chi connectivity index (χ2v) is 6.95. The molecule has 0 saturated carbocycles. The molecular weight excluding hydrogens is 378 g/mol. The lowest BCUT2D eigenvalue weighted by Crippen LogP contribution is -2.29. The number of carbonyl (C=O) groups excluding carboxylic acids is 1. The maximum absolute atomic E-state index is 12.1. The molecule has 2 aromatic carbocycles. The maximum atomic E-state index is 12.1. The number of anilines is 1. The van der Waals surface area contributed by atoms with Crippen LogP contribution in [0.25, 0.3) is 10.9 Å². The third-order valence-corrected chi connectivity index (χ3v) is 4.85. The van der Waals surface area contributed by atoms with Gasteiger partial charge < -0.3 is 10.4 Å². The minimum atomic E-state index is -1.08. The molecule has 0 aliphatic rings. The van der Waals surface area contributed by atoms with Crippen LogP contribution in [-0.2, 0) is 4.79 Å². The number of aromatic amines is 1. The van der Waals surface area contributed by atoms with Gasteiger partial charge in [-0.1, -0.05) is 15.9 Å². The number of aromatic nitrogens is 2. The lowest BCUT2D eigenvalue weighted by molar-refractivity contribution is -0.122. The highest BCUT2D eigenvalue weighted by Gasteiger charge is 2.15. The van der Waals surface area contributed by atoms with Crippen LogP contribution < -0.4 is 5.32 Å². The van der Waals surface area contributed by atoms with Crippen molar-refractivity contribution in [3.05, 3.63) is 53.1 Å². The molecule has 118 valence electrons. The van der Waals surface area contributed by atoms with Crippen molar-refractivity contribution in [3.8, 4) is 0 Å². The normalized spacial score (nSPS) is 12.3. The van der Waals surface area contributed by atoms with Gasteiger partial charge in [0.15, 0.2) is 0 Å². The highest BCUT2D eigenvalue weighted by Crippen LogP contribution is 2.22. The number of aliphatic hydroxyl groups is 1. The summed E-state index contributed by atoms with van der Waals surface area (Å²) in [6.45, 7) is 0. The largest absolute Gasteiger partial charge is 0.382 e. The van der Waals surface area contributed by atoms with Crippen LogP contribution in [0.4, 0.5) is 5.69 Å². The maximum Gasteiger partial charge on any atom is 0.254 e. The van der Waals surface area contributed by atoms with Crippen LogP contribution in [0, 0.1) is 0 Å². The Morgan fingerprint density at radius 1 is 1.30 bits per heavy atom. The molecule has 0 aliphatic heterocycles. The predicted octanol–water partition coefficient (Wildman–Crippen LogP) is 3.42. The van der Waals surface area contributed by atoms with Crippen molar-refractivity contribution >= 4 is 50.2 Å². The molecule has 1 heterocycles. The zero-order valence-electron chi connectivity index (χ0n) is 12.0. The molecule has 3 rings (SSSR count). The van der Waals surface area contributed by atoms with Crippen LogP contribution >= 0.6 is 27.7 Å². The third-order valence-electron chi connectivity index (χ3n) is 3.23. The fourth-order valence-corrected chi connectivity index (χ4v) is 3.12. The lowest BCUT2D eigenvalue weighted by atomic mass is 10.2. The molecule has 0 radical (unpaired) electrons. The molecule has 0 fully saturated rings. The first-order valence-corrected chi connectivity index (χ1v) is 8.70. The standard InChI is InChI=1S/C16H14BrN3O2S/c17-11-1-4-13(5-2-11)23-9-15(21)16(22)19-12-3-6-14-10(7-12)8-18-20-14/h1-8,15,21H,9H2,(H,18,20)(H,19,22)/t15-/m0/s1. The quantitative estimate of drug-likeness (QED) is 0.582. The SMILES string of the molecule is O=C(Nc1ccc2[nH]ncc2c1)[C@@H](O)CSc1ccc(Br)cc1. The van der Waals surface area contributed by atoms with Crippen molar-refractivity contribution in [2.75, 3.05) is 11.1 Å². The van der Waals surface area contributed by atoms with Gasteiger partial charge in [-0.25, -0.2) is 0 Å². The number of hydrogen-bond donors (Lipinski definition) is 3. The Hall–Kier alpha value is -1.83. The van der Waals surface area contributed by atoms with Gasteiger partial charge in [0.05, 0.1) is 11.7 Å². The van der Waals surface area contributed by atoms with E-state index in [0.29, 0.717) is 11.4 Å². The molecule has 3 aromatic rings. The number of nitrogens with zero attached hydrogens (tertiary/aromatic N) is 1. The van der Waals surface area contributed by atoms with Crippen molar-refractivity contribution in [2.24, 2.45) is 0 Å². The van der Waals surface area contributed by atoms with E-state index in [1.807, 2.05) is 36.4 Å². The first-order valence-electron chi connectivity index (χ1n) is 6.92. The number of thioether (sulfide) groups is 1. The lowest BCUT2D eigenvalue weighted by Gasteiger charge is -2.11. The van der Waals surface area contributed by atoms with Crippen LogP contribution in [0.1, 0.15) is 0 Å². The number of hydrogen-bond acceptors (Lipinski definition) is 4. The van der Waals surface area contributed by atoms with Gasteiger partial charge in [0, 0.05) is 26.2 Å². The number of nitrogens with one attached hydrogen (secondary N) is 2. The van der Waals surface area contributed by atoms with E-state index in [4.69, 9.17) is 0 Å². The summed E-state index contributed by atoms with van der Waals surface area (Å²) in [5.74, 6) is -0.126. The minimum absolute atomic E-state index is 0.293. The Labute approximate surface area is 145 Å². The highest BCUT2D eigenvalue weighted by molar-refractivity contribution is 9.10. The molecule has 23 heavy (non-hydrogen) atoms. The Morgan fingerprint density at radius 3 is 2.87 bits per heavy atom. The van der Waals surface area contributed by atoms with Crippen molar-refractivity contribution in [1.29, 1.82) is 0 Å². The van der Waals surface area contributed by atoms with Gasteiger partial charge in [-0.05, 0) is 42.5 Å². The first kappa shape index (κ1) is 16.0. The predicted molar refractivity (Wildman–Crippen MR) is 95.6 cm³/mol. The number of halogens is 1. The fourth-order valence-electron chi connectivity index (χ4n) is 2.03. The van der Waals surface area contributed by atoms with Gasteiger partial charge in [0.1, 0.15) is 6.10 Å². The number of H-pyrrole nitrogens is 1. The van der Waals surface area contributed by atoms with Crippen molar-refractivity contribution in [2.45, 2.75) is 11.0 Å². The molecule has 0 saturated heterocycles. The Bertz CT molecular complexity index is 820. The number of fused-ring (bicyclic) bond motifs is 1. The molecule has 0 bridgehead atoms. The van der Waals surface area contributed by atoms with Gasteiger partial charge in [-0.2, -0.15) is 5.10 Å². The third kappa shape index (κ3) is 4.13. The molecular formula is C16H14BrN3O2S. The van der Waals surface area contributed by atoms with Gasteiger partial charge >= 0.3 is 0 Å². The van der Waals surface area contributed by atoms with Gasteiger partial charge in [-0.3, -0.25) is 9.89 Å². The minimum Gasteiger partial charge on any atom is -0.382 e. The number of carbonyl (C=O) groups is 1. The summed E-state index contributed by atoms with van der Waals surface area (Å²) in [5.41, 5.74) is 1.53. The van der Waals surface area contributed by atoms with Crippen molar-refractivity contribution in [1.82, 2.24) is 10.2 Å². The fraction of sp³-hybridized carbons (Fsp3) is 0.125. The van der Waals surface area contributed by atoms with Crippen LogP contribution in [0.2, 0.25) is 0 Å². The number of rotatable bonds is 5. The van der Waals surface area contributed by atoms with Gasteiger partial charge in [0.25, 0.3) is 5.91 Å². The average Bonchev–Trinajstić information content (AvgIpc) is 3.01. The monoisotopic (exact) mass is 391 g/mol. The second kappa shape index (κ2) is 7.16. The molecule has 1 atom stereocenters. The summed E-state index contributed by atoms with van der Waals surface area (Å²) in [6, 6.07) is 13.1. The zero-order valence-corrected chi connectivity index (χ0v) is 14.4. The van der Waals surface area contributed by atoms with Crippen LogP contribution in [0.5, 0.6) is 0 Å². The Kier molecular flexibility index (Phi) is 5.00. The molecule has 0 aliphatic carbocycles. The Balaban J connectivity index is 1.57. The van der Waals surface area contributed by atoms with E-state index in [0.717, 1.165) is 20.3 Å².